The van der Waals surface area contributed by atoms with Crippen LogP contribution in [0.25, 0.3) is 6.08 Å². The highest BCUT2D eigenvalue weighted by Gasteiger charge is 2.00. The van der Waals surface area contributed by atoms with Crippen molar-refractivity contribution in [1.82, 2.24) is 0 Å². The van der Waals surface area contributed by atoms with E-state index in [0.29, 0.717) is 6.61 Å². The van der Waals surface area contributed by atoms with Crippen LogP contribution in [0.15, 0.2) is 17.5 Å². The molecule has 1 aromatic heterocycles. The quantitative estimate of drug-likeness (QED) is 0.783. The summed E-state index contributed by atoms with van der Waals surface area (Å²) in [6, 6.07) is 1.91. The van der Waals surface area contributed by atoms with Gasteiger partial charge in [0.05, 0.1) is 19.6 Å². The first-order valence-corrected chi connectivity index (χ1v) is 5.65. The Morgan fingerprint density at radius 1 is 1.67 bits per heavy atom. The minimum absolute atomic E-state index is 0.0384. The summed E-state index contributed by atoms with van der Waals surface area (Å²) >= 11 is 1.50. The number of hydrogen-bond donors (Lipinski definition) is 1. The van der Waals surface area contributed by atoms with Crippen molar-refractivity contribution in [2.75, 3.05) is 6.61 Å². The molecule has 0 bridgehead atoms. The molecule has 0 saturated carbocycles. The Morgan fingerprint density at radius 3 is 3.13 bits per heavy atom. The molecule has 15 heavy (non-hydrogen) atoms. The summed E-state index contributed by atoms with van der Waals surface area (Å²) < 4.78 is 4.78. The second kappa shape index (κ2) is 6.37. The summed E-state index contributed by atoms with van der Waals surface area (Å²) in [6.07, 6.45) is 3.85. The van der Waals surface area contributed by atoms with Crippen LogP contribution in [0.1, 0.15) is 23.8 Å². The van der Waals surface area contributed by atoms with Gasteiger partial charge in [0.15, 0.2) is 0 Å². The number of esters is 1. The van der Waals surface area contributed by atoms with Gasteiger partial charge in [-0.15, -0.1) is 11.3 Å². The highest BCUT2D eigenvalue weighted by Crippen LogP contribution is 2.18. The molecule has 0 aliphatic carbocycles. The number of carbonyl (C=O) groups excluding carboxylic acids is 1. The fourth-order valence-corrected chi connectivity index (χ4v) is 1.86. The molecule has 1 N–H and O–H groups in total. The summed E-state index contributed by atoms with van der Waals surface area (Å²) in [6.45, 7) is 2.23. The molecule has 0 fully saturated rings. The minimum atomic E-state index is -0.227. The number of aliphatic hydroxyl groups is 1. The number of carbonyl (C=O) groups is 1. The van der Waals surface area contributed by atoms with Crippen molar-refractivity contribution >= 4 is 23.4 Å². The van der Waals surface area contributed by atoms with Gasteiger partial charge >= 0.3 is 5.97 Å². The molecule has 0 spiro atoms. The Kier molecular flexibility index (Phi) is 5.07. The molecule has 1 heterocycles. The van der Waals surface area contributed by atoms with Crippen molar-refractivity contribution in [3.8, 4) is 0 Å². The fourth-order valence-electron chi connectivity index (χ4n) is 1.13. The van der Waals surface area contributed by atoms with E-state index in [1.807, 2.05) is 17.5 Å². The van der Waals surface area contributed by atoms with E-state index >= 15 is 0 Å². The molecule has 0 radical (unpaired) electrons. The maximum atomic E-state index is 11.0. The zero-order chi connectivity index (χ0) is 11.1. The van der Waals surface area contributed by atoms with Crippen molar-refractivity contribution in [3.63, 3.8) is 0 Å². The van der Waals surface area contributed by atoms with Crippen molar-refractivity contribution in [1.29, 1.82) is 0 Å². The molecule has 0 aliphatic heterocycles. The molecule has 0 amide bonds. The third-order valence-corrected chi connectivity index (χ3v) is 2.73. The van der Waals surface area contributed by atoms with Crippen LogP contribution in [0.5, 0.6) is 0 Å². The normalized spacial score (nSPS) is 10.8. The lowest BCUT2D eigenvalue weighted by atomic mass is 10.2. The first-order valence-electron chi connectivity index (χ1n) is 4.77. The molecule has 3 nitrogen and oxygen atoms in total. The first kappa shape index (κ1) is 11.9. The maximum Gasteiger partial charge on any atom is 0.309 e. The smallest absolute Gasteiger partial charge is 0.309 e. The summed E-state index contributed by atoms with van der Waals surface area (Å²) in [5, 5.41) is 10.9. The molecule has 1 aromatic rings. The Bertz CT molecular complexity index is 341. The topological polar surface area (TPSA) is 46.5 Å². The van der Waals surface area contributed by atoms with E-state index in [1.54, 1.807) is 13.0 Å². The highest BCUT2D eigenvalue weighted by molar-refractivity contribution is 7.10. The van der Waals surface area contributed by atoms with Gasteiger partial charge in [0.2, 0.25) is 0 Å². The lowest BCUT2D eigenvalue weighted by Crippen LogP contribution is -2.01. The van der Waals surface area contributed by atoms with Crippen molar-refractivity contribution in [2.24, 2.45) is 0 Å². The lowest BCUT2D eigenvalue weighted by molar-refractivity contribution is -0.142. The fraction of sp³-hybridized carbons (Fsp3) is 0.364. The zero-order valence-corrected chi connectivity index (χ0v) is 9.42. The predicted molar refractivity (Wildman–Crippen MR) is 60.5 cm³/mol. The zero-order valence-electron chi connectivity index (χ0n) is 8.60. The molecule has 0 unspecified atom stereocenters. The van der Waals surface area contributed by atoms with Gasteiger partial charge in [0, 0.05) is 4.88 Å². The molecule has 0 aromatic carbocycles. The van der Waals surface area contributed by atoms with Crippen molar-refractivity contribution in [3.05, 3.63) is 28.0 Å². The second-order valence-electron chi connectivity index (χ2n) is 2.87. The van der Waals surface area contributed by atoms with Gasteiger partial charge < -0.3 is 9.84 Å². The third-order valence-electron chi connectivity index (χ3n) is 1.81. The molecule has 82 valence electrons. The Morgan fingerprint density at radius 2 is 2.47 bits per heavy atom. The molecule has 0 aliphatic rings. The second-order valence-corrected chi connectivity index (χ2v) is 3.87. The molecule has 0 atom stereocenters. The van der Waals surface area contributed by atoms with E-state index in [0.717, 1.165) is 10.4 Å². The largest absolute Gasteiger partial charge is 0.466 e. The van der Waals surface area contributed by atoms with Crippen LogP contribution < -0.4 is 0 Å². The lowest BCUT2D eigenvalue weighted by Gasteiger charge is -1.97. The molecular weight excluding hydrogens is 212 g/mol. The molecule has 4 heteroatoms. The van der Waals surface area contributed by atoms with Crippen LogP contribution >= 0.6 is 11.3 Å². The Hall–Kier alpha value is -1.13. The van der Waals surface area contributed by atoms with E-state index in [2.05, 4.69) is 0 Å². The van der Waals surface area contributed by atoms with Crippen molar-refractivity contribution < 1.29 is 14.6 Å². The van der Waals surface area contributed by atoms with Gasteiger partial charge in [0.25, 0.3) is 0 Å². The first-order chi connectivity index (χ1) is 7.27. The van der Waals surface area contributed by atoms with Crippen LogP contribution in [-0.4, -0.2) is 17.7 Å². The summed E-state index contributed by atoms with van der Waals surface area (Å²) in [5.41, 5.74) is 0.965. The highest BCUT2D eigenvalue weighted by atomic mass is 32.1. The van der Waals surface area contributed by atoms with Crippen molar-refractivity contribution in [2.45, 2.75) is 20.0 Å². The molecular formula is C11H14O3S. The van der Waals surface area contributed by atoms with Gasteiger partial charge in [-0.05, 0) is 23.9 Å². The maximum absolute atomic E-state index is 11.0. The van der Waals surface area contributed by atoms with E-state index in [1.165, 1.54) is 11.3 Å². The van der Waals surface area contributed by atoms with Crippen LogP contribution in [0.4, 0.5) is 0 Å². The van der Waals surface area contributed by atoms with Crippen LogP contribution in [-0.2, 0) is 16.1 Å². The predicted octanol–water partition coefficient (Wildman–Crippen LogP) is 2.21. The average Bonchev–Trinajstić information content (AvgIpc) is 2.66. The van der Waals surface area contributed by atoms with Crippen LogP contribution in [0, 0.1) is 0 Å². The third kappa shape index (κ3) is 3.85. The number of hydrogen-bond acceptors (Lipinski definition) is 4. The monoisotopic (exact) mass is 226 g/mol. The number of rotatable bonds is 5. The summed E-state index contributed by atoms with van der Waals surface area (Å²) in [5.74, 6) is -0.227. The minimum Gasteiger partial charge on any atom is -0.466 e. The average molecular weight is 226 g/mol. The van der Waals surface area contributed by atoms with E-state index in [9.17, 15) is 4.79 Å². The SMILES string of the molecule is CCOC(=O)CC=Cc1ccsc1CO. The van der Waals surface area contributed by atoms with Gasteiger partial charge in [-0.25, -0.2) is 0 Å². The van der Waals surface area contributed by atoms with Gasteiger partial charge in [-0.2, -0.15) is 0 Å². The molecule has 1 rings (SSSR count). The molecule has 0 saturated heterocycles. The van der Waals surface area contributed by atoms with Gasteiger partial charge in [-0.1, -0.05) is 12.2 Å². The van der Waals surface area contributed by atoms with Crippen LogP contribution in [0.2, 0.25) is 0 Å². The Balaban J connectivity index is 2.47. The van der Waals surface area contributed by atoms with E-state index in [4.69, 9.17) is 9.84 Å². The number of aliphatic hydroxyl groups excluding tert-OH is 1. The summed E-state index contributed by atoms with van der Waals surface area (Å²) in [7, 11) is 0. The van der Waals surface area contributed by atoms with Gasteiger partial charge in [0.1, 0.15) is 0 Å². The van der Waals surface area contributed by atoms with Crippen LogP contribution in [0.3, 0.4) is 0 Å². The number of ether oxygens (including phenoxy) is 1. The van der Waals surface area contributed by atoms with Gasteiger partial charge in [-0.3, -0.25) is 4.79 Å². The van der Waals surface area contributed by atoms with E-state index in [-0.39, 0.29) is 19.0 Å². The van der Waals surface area contributed by atoms with E-state index < -0.39 is 0 Å². The number of thiophene rings is 1. The standard InChI is InChI=1S/C11H14O3S/c1-2-14-11(13)5-3-4-9-6-7-15-10(9)8-12/h3-4,6-7,12H,2,5,8H2,1H3. The summed E-state index contributed by atoms with van der Waals surface area (Å²) in [4.78, 5) is 11.9. The Labute approximate surface area is 93.0 Å².